The van der Waals surface area contributed by atoms with Gasteiger partial charge in [0.05, 0.1) is 6.42 Å². The Balaban J connectivity index is 1.49. The molecule has 0 saturated heterocycles. The highest BCUT2D eigenvalue weighted by Crippen LogP contribution is 2.18. The van der Waals surface area contributed by atoms with Gasteiger partial charge in [-0.05, 0) is 58.6 Å². The number of furan rings is 1. The first kappa shape index (κ1) is 19.7. The number of halogens is 1. The molecule has 0 unspecified atom stereocenters. The summed E-state index contributed by atoms with van der Waals surface area (Å²) in [6.07, 6.45) is 8.79. The lowest BCUT2D eigenvalue weighted by Gasteiger charge is -2.21. The van der Waals surface area contributed by atoms with Crippen LogP contribution in [0.2, 0.25) is 0 Å². The summed E-state index contributed by atoms with van der Waals surface area (Å²) in [6, 6.07) is 10.9. The van der Waals surface area contributed by atoms with Gasteiger partial charge >= 0.3 is 0 Å². The molecule has 27 heavy (non-hydrogen) atoms. The molecule has 5 nitrogen and oxygen atoms in total. The van der Waals surface area contributed by atoms with E-state index in [1.807, 2.05) is 12.1 Å². The molecule has 1 aliphatic rings. The van der Waals surface area contributed by atoms with E-state index in [9.17, 15) is 9.59 Å². The Hall–Kier alpha value is -2.08. The SMILES string of the molecule is O=C(Cc1ccc(NC(=O)c2ccc(Br)o2)cc1)NC1CCCCCCC1. The van der Waals surface area contributed by atoms with E-state index in [0.717, 1.165) is 18.4 Å². The first-order chi connectivity index (χ1) is 13.1. The van der Waals surface area contributed by atoms with Gasteiger partial charge in [-0.15, -0.1) is 0 Å². The van der Waals surface area contributed by atoms with E-state index >= 15 is 0 Å². The Morgan fingerprint density at radius 3 is 2.26 bits per heavy atom. The summed E-state index contributed by atoms with van der Waals surface area (Å²) < 4.78 is 5.75. The highest BCUT2D eigenvalue weighted by atomic mass is 79.9. The summed E-state index contributed by atoms with van der Waals surface area (Å²) >= 11 is 3.18. The number of rotatable bonds is 5. The maximum atomic E-state index is 12.3. The summed E-state index contributed by atoms with van der Waals surface area (Å²) in [5, 5.41) is 5.96. The van der Waals surface area contributed by atoms with Crippen LogP contribution in [-0.2, 0) is 11.2 Å². The second-order valence-electron chi connectivity index (χ2n) is 7.04. The number of carbonyl (C=O) groups is 2. The van der Waals surface area contributed by atoms with Crippen LogP contribution in [-0.4, -0.2) is 17.9 Å². The number of hydrogen-bond acceptors (Lipinski definition) is 3. The van der Waals surface area contributed by atoms with E-state index in [4.69, 9.17) is 4.42 Å². The van der Waals surface area contributed by atoms with Crippen molar-refractivity contribution < 1.29 is 14.0 Å². The number of amides is 2. The van der Waals surface area contributed by atoms with Gasteiger partial charge in [0, 0.05) is 11.7 Å². The highest BCUT2D eigenvalue weighted by molar-refractivity contribution is 9.10. The minimum absolute atomic E-state index is 0.0674. The second-order valence-corrected chi connectivity index (χ2v) is 7.82. The van der Waals surface area contributed by atoms with Crippen LogP contribution in [0.3, 0.4) is 0 Å². The van der Waals surface area contributed by atoms with Crippen LogP contribution in [0.15, 0.2) is 45.5 Å². The molecular weight excluding hydrogens is 408 g/mol. The van der Waals surface area contributed by atoms with Crippen LogP contribution in [0.5, 0.6) is 0 Å². The fraction of sp³-hybridized carbons (Fsp3) is 0.429. The van der Waals surface area contributed by atoms with Gasteiger partial charge in [-0.2, -0.15) is 0 Å². The minimum atomic E-state index is -0.310. The molecule has 1 saturated carbocycles. The third-order valence-corrected chi connectivity index (χ3v) is 5.27. The molecule has 2 N–H and O–H groups in total. The summed E-state index contributed by atoms with van der Waals surface area (Å²) in [4.78, 5) is 24.4. The van der Waals surface area contributed by atoms with Crippen molar-refractivity contribution in [3.05, 3.63) is 52.4 Å². The average Bonchev–Trinajstić information content (AvgIpc) is 3.05. The van der Waals surface area contributed by atoms with Crippen LogP contribution >= 0.6 is 15.9 Å². The number of carbonyl (C=O) groups excluding carboxylic acids is 2. The summed E-state index contributed by atoms with van der Waals surface area (Å²) in [7, 11) is 0. The molecule has 1 heterocycles. The fourth-order valence-corrected chi connectivity index (χ4v) is 3.71. The van der Waals surface area contributed by atoms with Crippen molar-refractivity contribution in [2.75, 3.05) is 5.32 Å². The summed E-state index contributed by atoms with van der Waals surface area (Å²) in [6.45, 7) is 0. The molecule has 2 aromatic rings. The lowest BCUT2D eigenvalue weighted by molar-refractivity contribution is -0.121. The smallest absolute Gasteiger partial charge is 0.291 e. The van der Waals surface area contributed by atoms with Crippen molar-refractivity contribution in [1.29, 1.82) is 0 Å². The number of nitrogens with one attached hydrogen (secondary N) is 2. The molecule has 2 amide bonds. The first-order valence-electron chi connectivity index (χ1n) is 9.55. The lowest BCUT2D eigenvalue weighted by Crippen LogP contribution is -2.36. The molecule has 0 spiro atoms. The quantitative estimate of drug-likeness (QED) is 0.692. The predicted molar refractivity (Wildman–Crippen MR) is 109 cm³/mol. The molecule has 6 heteroatoms. The van der Waals surface area contributed by atoms with Gasteiger partial charge < -0.3 is 15.1 Å². The molecule has 0 radical (unpaired) electrons. The van der Waals surface area contributed by atoms with Gasteiger partial charge in [0.1, 0.15) is 0 Å². The maximum Gasteiger partial charge on any atom is 0.291 e. The van der Waals surface area contributed by atoms with Gasteiger partial charge in [0.2, 0.25) is 5.91 Å². The predicted octanol–water partition coefficient (Wildman–Crippen LogP) is 5.07. The van der Waals surface area contributed by atoms with Crippen LogP contribution < -0.4 is 10.6 Å². The third kappa shape index (κ3) is 6.24. The Bertz CT molecular complexity index is 762. The van der Waals surface area contributed by atoms with Crippen molar-refractivity contribution >= 4 is 33.4 Å². The van der Waals surface area contributed by atoms with Gasteiger partial charge in [0.25, 0.3) is 5.91 Å². The van der Waals surface area contributed by atoms with E-state index in [-0.39, 0.29) is 17.6 Å². The lowest BCUT2D eigenvalue weighted by atomic mass is 9.96. The van der Waals surface area contributed by atoms with Crippen LogP contribution in [0.25, 0.3) is 0 Å². The normalized spacial score (nSPS) is 15.6. The van der Waals surface area contributed by atoms with Crippen LogP contribution in [0, 0.1) is 0 Å². The Morgan fingerprint density at radius 2 is 1.63 bits per heavy atom. The minimum Gasteiger partial charge on any atom is -0.444 e. The zero-order valence-corrected chi connectivity index (χ0v) is 16.9. The van der Waals surface area contributed by atoms with E-state index in [1.54, 1.807) is 24.3 Å². The summed E-state index contributed by atoms with van der Waals surface area (Å²) in [5.74, 6) is -0.00204. The number of hydrogen-bond donors (Lipinski definition) is 2. The van der Waals surface area contributed by atoms with Crippen molar-refractivity contribution in [1.82, 2.24) is 5.32 Å². The van der Waals surface area contributed by atoms with E-state index < -0.39 is 0 Å². The molecule has 1 aliphatic carbocycles. The molecule has 0 bridgehead atoms. The molecule has 0 atom stereocenters. The zero-order chi connectivity index (χ0) is 19.1. The molecule has 1 aromatic carbocycles. The molecule has 3 rings (SSSR count). The second kappa shape index (κ2) is 9.74. The van der Waals surface area contributed by atoms with Crippen molar-refractivity contribution in [2.45, 2.75) is 57.4 Å². The molecule has 1 fully saturated rings. The topological polar surface area (TPSA) is 71.3 Å². The molecule has 1 aromatic heterocycles. The first-order valence-corrected chi connectivity index (χ1v) is 10.3. The highest BCUT2D eigenvalue weighted by Gasteiger charge is 2.15. The van der Waals surface area contributed by atoms with E-state index in [0.29, 0.717) is 22.8 Å². The van der Waals surface area contributed by atoms with Gasteiger partial charge in [-0.3, -0.25) is 9.59 Å². The van der Waals surface area contributed by atoms with Gasteiger partial charge in [-0.25, -0.2) is 0 Å². The number of benzene rings is 1. The monoisotopic (exact) mass is 432 g/mol. The largest absolute Gasteiger partial charge is 0.444 e. The van der Waals surface area contributed by atoms with Crippen molar-refractivity contribution in [3.63, 3.8) is 0 Å². The molecular formula is C21H25BrN2O3. The van der Waals surface area contributed by atoms with Crippen molar-refractivity contribution in [3.8, 4) is 0 Å². The van der Waals surface area contributed by atoms with E-state index in [2.05, 4.69) is 26.6 Å². The summed E-state index contributed by atoms with van der Waals surface area (Å²) in [5.41, 5.74) is 1.59. The Labute approximate surface area is 168 Å². The Morgan fingerprint density at radius 1 is 0.963 bits per heavy atom. The van der Waals surface area contributed by atoms with Crippen LogP contribution in [0.1, 0.15) is 61.1 Å². The number of anilines is 1. The van der Waals surface area contributed by atoms with Crippen molar-refractivity contribution in [2.24, 2.45) is 0 Å². The standard InChI is InChI=1S/C21H25BrN2O3/c22-19-13-12-18(27-19)21(26)24-17-10-8-15(9-11-17)14-20(25)23-16-6-4-2-1-3-5-7-16/h8-13,16H,1-7,14H2,(H,23,25)(H,24,26). The molecule has 144 valence electrons. The van der Waals surface area contributed by atoms with Gasteiger partial charge in [0.15, 0.2) is 10.4 Å². The van der Waals surface area contributed by atoms with Crippen LogP contribution in [0.4, 0.5) is 5.69 Å². The average molecular weight is 433 g/mol. The molecule has 0 aliphatic heterocycles. The fourth-order valence-electron chi connectivity index (χ4n) is 3.40. The Kier molecular flexibility index (Phi) is 7.10. The van der Waals surface area contributed by atoms with Gasteiger partial charge in [-0.1, -0.05) is 44.2 Å². The third-order valence-electron chi connectivity index (χ3n) is 4.84. The maximum absolute atomic E-state index is 12.3. The van der Waals surface area contributed by atoms with E-state index in [1.165, 1.54) is 32.1 Å². The zero-order valence-electron chi connectivity index (χ0n) is 15.3.